The van der Waals surface area contributed by atoms with E-state index in [0.717, 1.165) is 6.07 Å². The van der Waals surface area contributed by atoms with Gasteiger partial charge in [0.2, 0.25) is 0 Å². The van der Waals surface area contributed by atoms with Crippen LogP contribution in [0.25, 0.3) is 0 Å². The lowest BCUT2D eigenvalue weighted by molar-refractivity contribution is -0.458. The van der Waals surface area contributed by atoms with Gasteiger partial charge in [0, 0.05) is 0 Å². The van der Waals surface area contributed by atoms with Crippen molar-refractivity contribution in [2.75, 3.05) is 0 Å². The van der Waals surface area contributed by atoms with E-state index in [2.05, 4.69) is 9.47 Å². The summed E-state index contributed by atoms with van der Waals surface area (Å²) in [5.74, 6) is -6.01. The maximum Gasteiger partial charge on any atom is 0.471 e. The van der Waals surface area contributed by atoms with E-state index in [1.165, 1.54) is 0 Å². The van der Waals surface area contributed by atoms with Crippen molar-refractivity contribution >= 4 is 0 Å². The van der Waals surface area contributed by atoms with Crippen LogP contribution in [0.4, 0.5) is 39.5 Å². The fourth-order valence-corrected chi connectivity index (χ4v) is 0.787. The second-order valence-corrected chi connectivity index (χ2v) is 3.14. The van der Waals surface area contributed by atoms with Gasteiger partial charge in [0.15, 0.2) is 0 Å². The molecule has 0 aromatic rings. The van der Waals surface area contributed by atoms with Gasteiger partial charge in [0.1, 0.15) is 6.10 Å². The van der Waals surface area contributed by atoms with Gasteiger partial charge in [0.25, 0.3) is 0 Å². The van der Waals surface area contributed by atoms with Crippen molar-refractivity contribution in [3.05, 3.63) is 12.1 Å². The summed E-state index contributed by atoms with van der Waals surface area (Å²) in [6.07, 6.45) is -18.6. The highest BCUT2D eigenvalue weighted by atomic mass is 19.4. The molecule has 0 saturated carbocycles. The Morgan fingerprint density at radius 3 is 1.80 bits per heavy atom. The Bertz CT molecular complexity index is 423. The van der Waals surface area contributed by atoms with E-state index in [1.54, 1.807) is 0 Å². The molecule has 0 aromatic carbocycles. The highest BCUT2D eigenvalue weighted by Gasteiger charge is 2.76. The van der Waals surface area contributed by atoms with E-state index in [4.69, 9.17) is 5.26 Å². The van der Waals surface area contributed by atoms with Crippen LogP contribution in [0.2, 0.25) is 0 Å². The third-order valence-electron chi connectivity index (χ3n) is 1.63. The summed E-state index contributed by atoms with van der Waals surface area (Å²) in [6.45, 7) is 0.456. The van der Waals surface area contributed by atoms with Crippen molar-refractivity contribution in [1.82, 2.24) is 0 Å². The molecule has 0 fully saturated rings. The molecule has 0 saturated heterocycles. The molecule has 0 radical (unpaired) electrons. The molecule has 0 amide bonds. The Morgan fingerprint density at radius 1 is 1.05 bits per heavy atom. The van der Waals surface area contributed by atoms with E-state index >= 15 is 0 Å². The molecule has 0 N–H and O–H groups in total. The average Bonchev–Trinajstić information content (AvgIpc) is 2.26. The van der Waals surface area contributed by atoms with E-state index in [1.807, 2.05) is 0 Å². The summed E-state index contributed by atoms with van der Waals surface area (Å²) < 4.78 is 117. The van der Waals surface area contributed by atoms with Crippen LogP contribution < -0.4 is 0 Å². The van der Waals surface area contributed by atoms with Gasteiger partial charge in [-0.2, -0.15) is 44.8 Å². The smallest absolute Gasteiger partial charge is 0.398 e. The van der Waals surface area contributed by atoms with Crippen LogP contribution in [0.3, 0.4) is 0 Å². The van der Waals surface area contributed by atoms with Crippen LogP contribution in [0, 0.1) is 11.3 Å². The van der Waals surface area contributed by atoms with Crippen LogP contribution in [0.1, 0.15) is 6.92 Å². The molecule has 0 aliphatic heterocycles. The van der Waals surface area contributed by atoms with Crippen LogP contribution >= 0.6 is 0 Å². The van der Waals surface area contributed by atoms with Crippen molar-refractivity contribution in [3.63, 3.8) is 0 Å². The summed E-state index contributed by atoms with van der Waals surface area (Å²) in [5.41, 5.74) is 0. The van der Waals surface area contributed by atoms with Gasteiger partial charge in [-0.15, -0.1) is 0 Å². The molecule has 2 unspecified atom stereocenters. The molecule has 0 aliphatic carbocycles. The summed E-state index contributed by atoms with van der Waals surface area (Å²) in [4.78, 5) is 0. The predicted molar refractivity (Wildman–Crippen MR) is 42.4 cm³/mol. The molecule has 12 heteroatoms. The minimum Gasteiger partial charge on any atom is -0.398 e. The third-order valence-corrected chi connectivity index (χ3v) is 1.63. The number of alkyl halides is 6. The molecular formula is C8H4F9NO2. The van der Waals surface area contributed by atoms with Crippen LogP contribution in [-0.4, -0.2) is 24.2 Å². The normalized spacial score (nSPS) is 16.9. The molecule has 2 atom stereocenters. The van der Waals surface area contributed by atoms with E-state index < -0.39 is 36.3 Å². The molecule has 0 heterocycles. The summed E-state index contributed by atoms with van der Waals surface area (Å²) in [6, 6.07) is -2.59. The van der Waals surface area contributed by atoms with Gasteiger partial charge in [-0.05, 0) is 6.92 Å². The zero-order chi connectivity index (χ0) is 16.4. The molecule has 0 aliphatic rings. The molecule has 0 bridgehead atoms. The lowest BCUT2D eigenvalue weighted by Crippen LogP contribution is -2.59. The predicted octanol–water partition coefficient (Wildman–Crippen LogP) is 3.79. The minimum atomic E-state index is -6.51. The van der Waals surface area contributed by atoms with Crippen molar-refractivity contribution in [1.29, 1.82) is 5.26 Å². The van der Waals surface area contributed by atoms with Gasteiger partial charge in [0.05, 0.1) is 6.07 Å². The van der Waals surface area contributed by atoms with E-state index in [0.29, 0.717) is 6.92 Å². The van der Waals surface area contributed by atoms with Gasteiger partial charge in [-0.3, -0.25) is 0 Å². The Labute approximate surface area is 105 Å². The summed E-state index contributed by atoms with van der Waals surface area (Å²) >= 11 is 0. The number of hydrogen-bond donors (Lipinski definition) is 0. The van der Waals surface area contributed by atoms with Gasteiger partial charge in [-0.25, -0.2) is 0 Å². The summed E-state index contributed by atoms with van der Waals surface area (Å²) in [7, 11) is 0. The second-order valence-electron chi connectivity index (χ2n) is 3.14. The highest BCUT2D eigenvalue weighted by molar-refractivity contribution is 4.94. The number of rotatable bonds is 5. The van der Waals surface area contributed by atoms with Crippen molar-refractivity contribution in [2.45, 2.75) is 31.2 Å². The number of nitriles is 1. The number of halogens is 9. The maximum absolute atomic E-state index is 13.3. The number of nitrogens with zero attached hydrogens (tertiary/aromatic N) is 1. The average molecular weight is 317 g/mol. The molecular weight excluding hydrogens is 313 g/mol. The van der Waals surface area contributed by atoms with Crippen LogP contribution in [0.15, 0.2) is 12.1 Å². The fraction of sp³-hybridized carbons (Fsp3) is 0.625. The fourth-order valence-electron chi connectivity index (χ4n) is 0.787. The van der Waals surface area contributed by atoms with E-state index in [9.17, 15) is 39.5 Å². The molecule has 20 heavy (non-hydrogen) atoms. The Kier molecular flexibility index (Phi) is 5.30. The van der Waals surface area contributed by atoms with Gasteiger partial charge in [-0.1, -0.05) is 0 Å². The highest BCUT2D eigenvalue weighted by Crippen LogP contribution is 2.48. The zero-order valence-corrected chi connectivity index (χ0v) is 9.24. The van der Waals surface area contributed by atoms with Gasteiger partial charge < -0.3 is 9.47 Å². The SMILES string of the molecule is CC(C#N)OC(F)(C(F)(F)F)C(F)(F)OC(F)=C(F)F. The Balaban J connectivity index is 5.65. The lowest BCUT2D eigenvalue weighted by atomic mass is 10.2. The Hall–Kier alpha value is -1.64. The zero-order valence-electron chi connectivity index (χ0n) is 9.24. The first-order valence-electron chi connectivity index (χ1n) is 4.39. The van der Waals surface area contributed by atoms with Crippen molar-refractivity contribution in [2.24, 2.45) is 0 Å². The molecule has 0 spiro atoms. The monoisotopic (exact) mass is 317 g/mol. The quantitative estimate of drug-likeness (QED) is 0.572. The molecule has 116 valence electrons. The molecule has 0 aromatic heterocycles. The Morgan fingerprint density at radius 2 is 1.50 bits per heavy atom. The first kappa shape index (κ1) is 18.4. The second kappa shape index (κ2) is 5.78. The maximum atomic E-state index is 13.3. The number of hydrogen-bond acceptors (Lipinski definition) is 3. The lowest BCUT2D eigenvalue weighted by Gasteiger charge is -2.33. The third kappa shape index (κ3) is 3.69. The number of ether oxygens (including phenoxy) is 2. The van der Waals surface area contributed by atoms with E-state index in [-0.39, 0.29) is 0 Å². The van der Waals surface area contributed by atoms with Crippen molar-refractivity contribution in [3.8, 4) is 6.07 Å². The molecule has 0 rings (SSSR count). The first-order valence-corrected chi connectivity index (χ1v) is 4.39. The standard InChI is InChI=1S/C8H4F9NO2/c1-3(2-18)19-6(12,7(13,14)15)8(16,17)20-5(11)4(9)10/h3H,1H3. The topological polar surface area (TPSA) is 42.2 Å². The largest absolute Gasteiger partial charge is 0.471 e. The summed E-state index contributed by atoms with van der Waals surface area (Å²) in [5, 5.41) is 8.10. The first-order chi connectivity index (χ1) is 8.78. The van der Waals surface area contributed by atoms with Crippen LogP contribution in [0.5, 0.6) is 0 Å². The minimum absolute atomic E-state index is 0.456. The van der Waals surface area contributed by atoms with Crippen LogP contribution in [-0.2, 0) is 9.47 Å². The van der Waals surface area contributed by atoms with Gasteiger partial charge >= 0.3 is 30.2 Å². The molecule has 3 nitrogen and oxygen atoms in total. The van der Waals surface area contributed by atoms with Crippen molar-refractivity contribution < 1.29 is 49.0 Å².